The Morgan fingerprint density at radius 3 is 2.33 bits per heavy atom. The number of primary amides is 1. The quantitative estimate of drug-likeness (QED) is 0.788. The maximum absolute atomic E-state index is 12.6. The maximum atomic E-state index is 12.6. The normalized spacial score (nSPS) is 11.2. The highest BCUT2D eigenvalue weighted by Gasteiger charge is 2.23. The smallest absolute Gasteiger partial charge is 0.263 e. The van der Waals surface area contributed by atoms with Crippen molar-refractivity contribution >= 4 is 44.6 Å². The van der Waals surface area contributed by atoms with Gasteiger partial charge in [-0.3, -0.25) is 9.52 Å². The van der Waals surface area contributed by atoms with Gasteiger partial charge in [-0.05, 0) is 13.0 Å². The number of sulfonamides is 1. The van der Waals surface area contributed by atoms with E-state index < -0.39 is 15.9 Å². The number of methoxy groups -OCH3 is 2. The zero-order chi connectivity index (χ0) is 18.1. The Balaban J connectivity index is 2.48. The Hall–Kier alpha value is -1.97. The lowest BCUT2D eigenvalue weighted by atomic mass is 10.3. The second kappa shape index (κ2) is 6.88. The Morgan fingerprint density at radius 2 is 1.83 bits per heavy atom. The van der Waals surface area contributed by atoms with E-state index in [-0.39, 0.29) is 32.0 Å². The van der Waals surface area contributed by atoms with Crippen molar-refractivity contribution in [2.45, 2.75) is 11.8 Å². The van der Waals surface area contributed by atoms with Crippen LogP contribution in [0.2, 0.25) is 5.02 Å². The molecule has 0 atom stereocenters. The first kappa shape index (κ1) is 18.4. The van der Waals surface area contributed by atoms with E-state index in [1.54, 1.807) is 6.92 Å². The number of nitrogens with one attached hydrogen (secondary N) is 1. The van der Waals surface area contributed by atoms with Gasteiger partial charge < -0.3 is 15.2 Å². The van der Waals surface area contributed by atoms with Crippen molar-refractivity contribution < 1.29 is 22.7 Å². The molecule has 1 aromatic heterocycles. The number of anilines is 1. The summed E-state index contributed by atoms with van der Waals surface area (Å²) in [5, 5.41) is 0.278. The fourth-order valence-electron chi connectivity index (χ4n) is 1.99. The number of thiophene rings is 1. The van der Waals surface area contributed by atoms with Crippen molar-refractivity contribution in [3.63, 3.8) is 0 Å². The Bertz CT molecular complexity index is 893. The third kappa shape index (κ3) is 3.58. The van der Waals surface area contributed by atoms with Gasteiger partial charge in [0.25, 0.3) is 15.9 Å². The second-order valence-electron chi connectivity index (χ2n) is 4.69. The molecular formula is C14H15ClN2O5S2. The van der Waals surface area contributed by atoms with Gasteiger partial charge in [0.2, 0.25) is 0 Å². The Kier molecular flexibility index (Phi) is 5.26. The number of hydrogen-bond acceptors (Lipinski definition) is 6. The molecule has 1 heterocycles. The minimum absolute atomic E-state index is 0.0303. The third-order valence-corrected chi connectivity index (χ3v) is 6.10. The molecule has 3 N–H and O–H groups in total. The molecule has 130 valence electrons. The summed E-state index contributed by atoms with van der Waals surface area (Å²) in [5.74, 6) is -0.169. The van der Waals surface area contributed by atoms with Crippen molar-refractivity contribution in [3.05, 3.63) is 33.0 Å². The molecule has 0 aliphatic carbocycles. The average Bonchev–Trinajstić information content (AvgIpc) is 2.91. The number of nitrogens with two attached hydrogens (primary N) is 1. The van der Waals surface area contributed by atoms with E-state index in [9.17, 15) is 13.2 Å². The SMILES string of the molecule is COc1cc(NS(=O)(=O)c2cc(C(N)=O)sc2C)c(OC)cc1Cl. The number of halogens is 1. The molecule has 1 amide bonds. The molecule has 10 heteroatoms. The van der Waals surface area contributed by atoms with Gasteiger partial charge in [-0.15, -0.1) is 11.3 Å². The predicted molar refractivity (Wildman–Crippen MR) is 92.9 cm³/mol. The van der Waals surface area contributed by atoms with E-state index in [0.717, 1.165) is 11.3 Å². The lowest BCUT2D eigenvalue weighted by Gasteiger charge is -2.14. The van der Waals surface area contributed by atoms with Crippen LogP contribution in [0.5, 0.6) is 11.5 Å². The van der Waals surface area contributed by atoms with E-state index >= 15 is 0 Å². The summed E-state index contributed by atoms with van der Waals surface area (Å²) in [6.45, 7) is 1.59. The second-order valence-corrected chi connectivity index (χ2v) is 8.00. The molecule has 2 rings (SSSR count). The lowest BCUT2D eigenvalue weighted by Crippen LogP contribution is -2.14. The molecule has 0 fully saturated rings. The predicted octanol–water partition coefficient (Wildman–Crippen LogP) is 2.63. The molecule has 0 saturated heterocycles. The number of ether oxygens (including phenoxy) is 2. The Labute approximate surface area is 148 Å². The molecule has 0 bridgehead atoms. The molecule has 2 aromatic rings. The summed E-state index contributed by atoms with van der Waals surface area (Å²) < 4.78 is 37.9. The van der Waals surface area contributed by atoms with Gasteiger partial charge in [-0.25, -0.2) is 8.42 Å². The van der Waals surface area contributed by atoms with Crippen LogP contribution in [0.3, 0.4) is 0 Å². The monoisotopic (exact) mass is 390 g/mol. The van der Waals surface area contributed by atoms with Gasteiger partial charge in [0.05, 0.1) is 29.8 Å². The van der Waals surface area contributed by atoms with Gasteiger partial charge in [-0.2, -0.15) is 0 Å². The van der Waals surface area contributed by atoms with Crippen LogP contribution in [0.1, 0.15) is 14.5 Å². The van der Waals surface area contributed by atoms with Gasteiger partial charge in [-0.1, -0.05) is 11.6 Å². The van der Waals surface area contributed by atoms with Crippen LogP contribution in [-0.2, 0) is 10.0 Å². The van der Waals surface area contributed by atoms with Crippen LogP contribution >= 0.6 is 22.9 Å². The first-order valence-electron chi connectivity index (χ1n) is 6.54. The molecule has 0 saturated carbocycles. The van der Waals surface area contributed by atoms with Crippen molar-refractivity contribution in [2.75, 3.05) is 18.9 Å². The number of hydrogen-bond donors (Lipinski definition) is 2. The summed E-state index contributed by atoms with van der Waals surface area (Å²) >= 11 is 7.01. The maximum Gasteiger partial charge on any atom is 0.263 e. The molecule has 0 unspecified atom stereocenters. The first-order valence-corrected chi connectivity index (χ1v) is 9.22. The molecule has 0 radical (unpaired) electrons. The van der Waals surface area contributed by atoms with Crippen molar-refractivity contribution in [3.8, 4) is 11.5 Å². The molecule has 24 heavy (non-hydrogen) atoms. The third-order valence-electron chi connectivity index (χ3n) is 3.12. The summed E-state index contributed by atoms with van der Waals surface area (Å²) in [7, 11) is -1.16. The van der Waals surface area contributed by atoms with Gasteiger partial charge >= 0.3 is 0 Å². The molecule has 7 nitrogen and oxygen atoms in total. The largest absolute Gasteiger partial charge is 0.495 e. The minimum atomic E-state index is -3.95. The number of rotatable bonds is 6. The van der Waals surface area contributed by atoms with E-state index in [1.165, 1.54) is 32.4 Å². The van der Waals surface area contributed by atoms with Crippen LogP contribution in [0, 0.1) is 6.92 Å². The summed E-state index contributed by atoms with van der Waals surface area (Å²) in [6, 6.07) is 4.09. The van der Waals surface area contributed by atoms with E-state index in [1.807, 2.05) is 0 Å². The average molecular weight is 391 g/mol. The van der Waals surface area contributed by atoms with E-state index in [2.05, 4.69) is 4.72 Å². The number of carbonyl (C=O) groups excluding carboxylic acids is 1. The Morgan fingerprint density at radius 1 is 1.21 bits per heavy atom. The number of benzene rings is 1. The molecule has 0 aliphatic rings. The molecular weight excluding hydrogens is 376 g/mol. The summed E-state index contributed by atoms with van der Waals surface area (Å²) in [5.41, 5.74) is 5.35. The highest BCUT2D eigenvalue weighted by molar-refractivity contribution is 7.93. The highest BCUT2D eigenvalue weighted by Crippen LogP contribution is 2.37. The van der Waals surface area contributed by atoms with Gasteiger partial charge in [0, 0.05) is 17.0 Å². The van der Waals surface area contributed by atoms with Crippen LogP contribution in [0.25, 0.3) is 0 Å². The van der Waals surface area contributed by atoms with Crippen LogP contribution in [0.4, 0.5) is 5.69 Å². The topological polar surface area (TPSA) is 108 Å². The van der Waals surface area contributed by atoms with E-state index in [0.29, 0.717) is 4.88 Å². The van der Waals surface area contributed by atoms with Crippen molar-refractivity contribution in [1.29, 1.82) is 0 Å². The van der Waals surface area contributed by atoms with Crippen LogP contribution < -0.4 is 19.9 Å². The first-order chi connectivity index (χ1) is 11.2. The highest BCUT2D eigenvalue weighted by atomic mass is 35.5. The van der Waals surface area contributed by atoms with Crippen molar-refractivity contribution in [1.82, 2.24) is 0 Å². The fourth-order valence-corrected chi connectivity index (χ4v) is 4.73. The zero-order valence-electron chi connectivity index (χ0n) is 13.0. The number of carbonyl (C=O) groups is 1. The van der Waals surface area contributed by atoms with Crippen molar-refractivity contribution in [2.24, 2.45) is 5.73 Å². The number of amides is 1. The standard InChI is InChI=1S/C14H15ClN2O5S2/c1-7-13(6-12(23-7)14(16)18)24(19,20)17-9-5-10(21-2)8(15)4-11(9)22-3/h4-6,17H,1-3H3,(H2,16,18). The van der Waals surface area contributed by atoms with Gasteiger partial charge in [0.15, 0.2) is 0 Å². The zero-order valence-corrected chi connectivity index (χ0v) is 15.4. The van der Waals surface area contributed by atoms with Crippen LogP contribution in [0.15, 0.2) is 23.1 Å². The lowest BCUT2D eigenvalue weighted by molar-refractivity contribution is 0.100. The molecule has 0 aliphatic heterocycles. The van der Waals surface area contributed by atoms with Crippen LogP contribution in [-0.4, -0.2) is 28.5 Å². The minimum Gasteiger partial charge on any atom is -0.495 e. The van der Waals surface area contributed by atoms with E-state index in [4.69, 9.17) is 26.8 Å². The summed E-state index contributed by atoms with van der Waals surface area (Å²) in [6.07, 6.45) is 0. The number of aryl methyl sites for hydroxylation is 1. The molecule has 0 spiro atoms. The van der Waals surface area contributed by atoms with Gasteiger partial charge in [0.1, 0.15) is 16.4 Å². The summed E-state index contributed by atoms with van der Waals surface area (Å²) in [4.78, 5) is 11.8. The molecule has 1 aromatic carbocycles. The fraction of sp³-hybridized carbons (Fsp3) is 0.214.